The summed E-state index contributed by atoms with van der Waals surface area (Å²) in [4.78, 5) is 0. The van der Waals surface area contributed by atoms with Crippen molar-refractivity contribution in [2.45, 2.75) is 44.7 Å². The van der Waals surface area contributed by atoms with Crippen LogP contribution in [0.15, 0.2) is 0 Å². The van der Waals surface area contributed by atoms with Gasteiger partial charge in [-0.2, -0.15) is 4.31 Å². The Morgan fingerprint density at radius 2 is 2.11 bits per heavy atom. The number of hydrogen-bond acceptors (Lipinski definition) is 4. The van der Waals surface area contributed by atoms with E-state index in [0.29, 0.717) is 6.54 Å². The van der Waals surface area contributed by atoms with Gasteiger partial charge in [0.25, 0.3) is 0 Å². The number of sulfonamides is 1. The van der Waals surface area contributed by atoms with Crippen molar-refractivity contribution >= 4 is 10.0 Å². The van der Waals surface area contributed by atoms with Gasteiger partial charge in [0.1, 0.15) is 0 Å². The Hall–Kier alpha value is -0.170. The highest BCUT2D eigenvalue weighted by atomic mass is 32.2. The van der Waals surface area contributed by atoms with Crippen LogP contribution < -0.4 is 5.32 Å². The van der Waals surface area contributed by atoms with Gasteiger partial charge < -0.3 is 10.4 Å². The third-order valence-corrected chi connectivity index (χ3v) is 6.19. The third-order valence-electron chi connectivity index (χ3n) is 4.20. The smallest absolute Gasteiger partial charge is 0.215 e. The maximum Gasteiger partial charge on any atom is 0.215 e. The molecule has 0 aliphatic carbocycles. The predicted molar refractivity (Wildman–Crippen MR) is 70.8 cm³/mol. The van der Waals surface area contributed by atoms with Crippen molar-refractivity contribution in [1.82, 2.24) is 9.62 Å². The molecule has 0 aromatic rings. The third kappa shape index (κ3) is 3.04. The first kappa shape index (κ1) is 14.2. The molecule has 18 heavy (non-hydrogen) atoms. The average molecular weight is 276 g/mol. The molecule has 0 bridgehead atoms. The highest BCUT2D eigenvalue weighted by Gasteiger charge is 2.39. The van der Waals surface area contributed by atoms with Crippen molar-refractivity contribution < 1.29 is 13.5 Å². The van der Waals surface area contributed by atoms with E-state index in [9.17, 15) is 13.5 Å². The molecular weight excluding hydrogens is 252 g/mol. The Morgan fingerprint density at radius 1 is 1.33 bits per heavy atom. The summed E-state index contributed by atoms with van der Waals surface area (Å²) in [6.07, 6.45) is 4.03. The van der Waals surface area contributed by atoms with Crippen LogP contribution in [0.3, 0.4) is 0 Å². The minimum Gasteiger partial charge on any atom is -0.395 e. The zero-order chi connectivity index (χ0) is 13.2. The van der Waals surface area contributed by atoms with Crippen LogP contribution in [0, 0.1) is 5.92 Å². The van der Waals surface area contributed by atoms with Gasteiger partial charge in [0.2, 0.25) is 10.0 Å². The lowest BCUT2D eigenvalue weighted by Gasteiger charge is -2.29. The van der Waals surface area contributed by atoms with E-state index in [1.54, 1.807) is 0 Å². The Labute approximate surface area is 110 Å². The Bertz CT molecular complexity index is 366. The average Bonchev–Trinajstić information content (AvgIpc) is 2.72. The van der Waals surface area contributed by atoms with Crippen LogP contribution in [0.4, 0.5) is 0 Å². The fraction of sp³-hybridized carbons (Fsp3) is 1.00. The zero-order valence-corrected chi connectivity index (χ0v) is 11.8. The van der Waals surface area contributed by atoms with Crippen molar-refractivity contribution in [2.24, 2.45) is 5.92 Å². The zero-order valence-electron chi connectivity index (χ0n) is 11.0. The molecule has 2 N–H and O–H groups in total. The van der Waals surface area contributed by atoms with E-state index in [1.807, 2.05) is 6.92 Å². The number of aliphatic hydroxyl groups is 1. The van der Waals surface area contributed by atoms with Crippen LogP contribution in [0.25, 0.3) is 0 Å². The molecule has 0 radical (unpaired) electrons. The van der Waals surface area contributed by atoms with Gasteiger partial charge in [-0.15, -0.1) is 0 Å². The van der Waals surface area contributed by atoms with Crippen LogP contribution in [0.2, 0.25) is 0 Å². The molecule has 2 aliphatic rings. The van der Waals surface area contributed by atoms with Gasteiger partial charge in [0.05, 0.1) is 18.4 Å². The van der Waals surface area contributed by atoms with Crippen molar-refractivity contribution in [2.75, 3.05) is 25.4 Å². The second-order valence-electron chi connectivity index (χ2n) is 5.55. The number of aliphatic hydroxyl groups excluding tert-OH is 1. The summed E-state index contributed by atoms with van der Waals surface area (Å²) in [7, 11) is -3.24. The van der Waals surface area contributed by atoms with Crippen molar-refractivity contribution in [3.8, 4) is 0 Å². The van der Waals surface area contributed by atoms with Crippen LogP contribution >= 0.6 is 0 Å². The number of nitrogens with zero attached hydrogens (tertiary/aromatic N) is 1. The van der Waals surface area contributed by atoms with E-state index in [-0.39, 0.29) is 30.4 Å². The topological polar surface area (TPSA) is 69.6 Å². The SMILES string of the molecule is CC1CCN(S(=O)(=O)CC2CCCCN2)C1CO. The van der Waals surface area contributed by atoms with Crippen LogP contribution in [0.1, 0.15) is 32.6 Å². The molecular formula is C12H24N2O3S. The maximum atomic E-state index is 12.4. The minimum atomic E-state index is -3.24. The van der Waals surface area contributed by atoms with E-state index in [2.05, 4.69) is 5.32 Å². The van der Waals surface area contributed by atoms with E-state index in [1.165, 1.54) is 4.31 Å². The fourth-order valence-electron chi connectivity index (χ4n) is 3.01. The molecule has 3 unspecified atom stereocenters. The molecule has 0 spiro atoms. The summed E-state index contributed by atoms with van der Waals surface area (Å²) >= 11 is 0. The highest BCUT2D eigenvalue weighted by molar-refractivity contribution is 7.89. The van der Waals surface area contributed by atoms with Crippen molar-refractivity contribution in [1.29, 1.82) is 0 Å². The van der Waals surface area contributed by atoms with Gasteiger partial charge in [0.15, 0.2) is 0 Å². The molecule has 0 aromatic carbocycles. The van der Waals surface area contributed by atoms with Gasteiger partial charge in [0, 0.05) is 12.6 Å². The molecule has 2 aliphatic heterocycles. The number of rotatable bonds is 4. The number of nitrogens with one attached hydrogen (secondary N) is 1. The van der Waals surface area contributed by atoms with E-state index in [4.69, 9.17) is 0 Å². The molecule has 6 heteroatoms. The quantitative estimate of drug-likeness (QED) is 0.767. The summed E-state index contributed by atoms with van der Waals surface area (Å²) in [5.74, 6) is 0.431. The first-order valence-corrected chi connectivity index (χ1v) is 8.49. The van der Waals surface area contributed by atoms with E-state index in [0.717, 1.165) is 32.2 Å². The largest absolute Gasteiger partial charge is 0.395 e. The van der Waals surface area contributed by atoms with Crippen molar-refractivity contribution in [3.05, 3.63) is 0 Å². The van der Waals surface area contributed by atoms with E-state index < -0.39 is 10.0 Å². The normalized spacial score (nSPS) is 34.9. The van der Waals surface area contributed by atoms with Crippen LogP contribution in [-0.4, -0.2) is 55.4 Å². The molecule has 0 saturated carbocycles. The molecule has 3 atom stereocenters. The monoisotopic (exact) mass is 276 g/mol. The van der Waals surface area contributed by atoms with Gasteiger partial charge in [-0.05, 0) is 31.7 Å². The second kappa shape index (κ2) is 5.86. The Kier molecular flexibility index (Phi) is 4.64. The van der Waals surface area contributed by atoms with E-state index >= 15 is 0 Å². The molecule has 0 amide bonds. The Balaban J connectivity index is 2.01. The molecule has 2 fully saturated rings. The van der Waals surface area contributed by atoms with Crippen molar-refractivity contribution in [3.63, 3.8) is 0 Å². The first-order valence-electron chi connectivity index (χ1n) is 6.88. The first-order chi connectivity index (χ1) is 8.54. The van der Waals surface area contributed by atoms with Crippen LogP contribution in [-0.2, 0) is 10.0 Å². The van der Waals surface area contributed by atoms with Gasteiger partial charge in [-0.25, -0.2) is 8.42 Å². The molecule has 2 heterocycles. The number of piperidine rings is 1. The molecule has 106 valence electrons. The minimum absolute atomic E-state index is 0.0709. The lowest BCUT2D eigenvalue weighted by molar-refractivity contribution is 0.190. The molecule has 0 aromatic heterocycles. The molecule has 5 nitrogen and oxygen atoms in total. The lowest BCUT2D eigenvalue weighted by atomic mass is 10.0. The summed E-state index contributed by atoms with van der Waals surface area (Å²) in [6.45, 7) is 3.41. The molecule has 2 rings (SSSR count). The Morgan fingerprint density at radius 3 is 2.72 bits per heavy atom. The molecule has 2 saturated heterocycles. The lowest BCUT2D eigenvalue weighted by Crippen LogP contribution is -2.47. The summed E-state index contributed by atoms with van der Waals surface area (Å²) in [5.41, 5.74) is 0. The van der Waals surface area contributed by atoms with Crippen LogP contribution in [0.5, 0.6) is 0 Å². The highest BCUT2D eigenvalue weighted by Crippen LogP contribution is 2.27. The standard InChI is InChI=1S/C12H24N2O3S/c1-10-5-7-14(12(10)8-15)18(16,17)9-11-4-2-3-6-13-11/h10-13,15H,2-9H2,1H3. The van der Waals surface area contributed by atoms with Gasteiger partial charge in [-0.3, -0.25) is 0 Å². The second-order valence-corrected chi connectivity index (χ2v) is 7.52. The summed E-state index contributed by atoms with van der Waals surface area (Å²) < 4.78 is 26.3. The fourth-order valence-corrected chi connectivity index (χ4v) is 5.06. The van der Waals surface area contributed by atoms with Gasteiger partial charge >= 0.3 is 0 Å². The number of hydrogen-bond donors (Lipinski definition) is 2. The maximum absolute atomic E-state index is 12.4. The van der Waals surface area contributed by atoms with Gasteiger partial charge in [-0.1, -0.05) is 13.3 Å². The summed E-state index contributed by atoms with van der Waals surface area (Å²) in [5, 5.41) is 12.6. The summed E-state index contributed by atoms with van der Waals surface area (Å²) in [6, 6.07) is -0.141. The predicted octanol–water partition coefficient (Wildman–Crippen LogP) is 0.161.